The molecule has 0 aliphatic rings. The molecular formula is C15H16N2O5S2. The fourth-order valence-electron chi connectivity index (χ4n) is 1.96. The molecule has 9 heteroatoms. The molecule has 1 heterocycles. The van der Waals surface area contributed by atoms with E-state index in [9.17, 15) is 18.0 Å². The molecule has 0 bridgehead atoms. The molecule has 128 valence electrons. The summed E-state index contributed by atoms with van der Waals surface area (Å²) in [5.74, 6) is -0.862. The first kappa shape index (κ1) is 18.1. The Labute approximate surface area is 143 Å². The molecule has 2 aromatic rings. The highest BCUT2D eigenvalue weighted by molar-refractivity contribution is 7.92. The van der Waals surface area contributed by atoms with E-state index in [-0.39, 0.29) is 20.7 Å². The lowest BCUT2D eigenvalue weighted by Crippen LogP contribution is -2.16. The number of aromatic nitrogens is 1. The third-order valence-corrected chi connectivity index (χ3v) is 5.74. The van der Waals surface area contributed by atoms with E-state index < -0.39 is 21.7 Å². The van der Waals surface area contributed by atoms with Crippen molar-refractivity contribution in [3.05, 3.63) is 35.5 Å². The molecule has 1 N–H and O–H groups in total. The Kier molecular flexibility index (Phi) is 5.35. The van der Waals surface area contributed by atoms with E-state index in [2.05, 4.69) is 10.3 Å². The van der Waals surface area contributed by atoms with Crippen LogP contribution in [0.25, 0.3) is 0 Å². The molecule has 0 atom stereocenters. The highest BCUT2D eigenvalue weighted by Crippen LogP contribution is 2.28. The molecule has 1 aromatic carbocycles. The summed E-state index contributed by atoms with van der Waals surface area (Å²) in [5.41, 5.74) is 0.898. The molecule has 1 amide bonds. The van der Waals surface area contributed by atoms with Gasteiger partial charge in [-0.25, -0.2) is 13.4 Å². The molecule has 0 unspecified atom stereocenters. The summed E-state index contributed by atoms with van der Waals surface area (Å²) in [7, 11) is -3.38. The maximum Gasteiger partial charge on any atom is 0.308 e. The minimum atomic E-state index is -3.38. The highest BCUT2D eigenvalue weighted by Gasteiger charge is 2.19. The van der Waals surface area contributed by atoms with Gasteiger partial charge in [0.05, 0.1) is 11.8 Å². The zero-order valence-electron chi connectivity index (χ0n) is 13.3. The van der Waals surface area contributed by atoms with Crippen LogP contribution < -0.4 is 10.1 Å². The minimum absolute atomic E-state index is 0.0559. The number of ether oxygens (including phenoxy) is 1. The lowest BCUT2D eigenvalue weighted by molar-refractivity contribution is -0.131. The lowest BCUT2D eigenvalue weighted by atomic mass is 10.1. The van der Waals surface area contributed by atoms with E-state index >= 15 is 0 Å². The van der Waals surface area contributed by atoms with Gasteiger partial charge in [0.25, 0.3) is 5.91 Å². The normalized spacial score (nSPS) is 11.1. The van der Waals surface area contributed by atoms with E-state index in [1.165, 1.54) is 19.2 Å². The van der Waals surface area contributed by atoms with Gasteiger partial charge in [0.15, 0.2) is 15.0 Å². The monoisotopic (exact) mass is 368 g/mol. The van der Waals surface area contributed by atoms with Gasteiger partial charge in [-0.3, -0.25) is 14.9 Å². The van der Waals surface area contributed by atoms with Crippen molar-refractivity contribution in [1.82, 2.24) is 4.98 Å². The maximum atomic E-state index is 12.5. The summed E-state index contributed by atoms with van der Waals surface area (Å²) in [5, 5.41) is 2.68. The molecule has 0 aliphatic carbocycles. The molecule has 0 aliphatic heterocycles. The summed E-state index contributed by atoms with van der Waals surface area (Å²) in [6.07, 6.45) is 2.83. The number of aryl methyl sites for hydroxylation is 1. The first-order valence-corrected chi connectivity index (χ1v) is 9.70. The number of hydrogen-bond acceptors (Lipinski definition) is 7. The molecule has 24 heavy (non-hydrogen) atoms. The van der Waals surface area contributed by atoms with Crippen molar-refractivity contribution in [2.75, 3.05) is 11.6 Å². The Hall–Kier alpha value is -2.26. The van der Waals surface area contributed by atoms with Crippen LogP contribution in [0.15, 0.2) is 28.6 Å². The van der Waals surface area contributed by atoms with Gasteiger partial charge < -0.3 is 4.74 Å². The number of carbonyl (C=O) groups is 2. The number of hydrogen-bond donors (Lipinski definition) is 1. The predicted molar refractivity (Wildman–Crippen MR) is 90.3 cm³/mol. The van der Waals surface area contributed by atoms with Crippen LogP contribution in [-0.2, 0) is 21.1 Å². The summed E-state index contributed by atoms with van der Waals surface area (Å²) in [6, 6.07) is 4.97. The third kappa shape index (κ3) is 4.18. The summed E-state index contributed by atoms with van der Waals surface area (Å²) >= 11 is 0.854. The van der Waals surface area contributed by atoms with Crippen LogP contribution in [0.5, 0.6) is 5.75 Å². The molecule has 0 fully saturated rings. The van der Waals surface area contributed by atoms with Crippen molar-refractivity contribution in [2.24, 2.45) is 0 Å². The van der Waals surface area contributed by atoms with Crippen LogP contribution >= 0.6 is 11.3 Å². The molecule has 0 radical (unpaired) electrons. The molecule has 7 nitrogen and oxygen atoms in total. The quantitative estimate of drug-likeness (QED) is 0.642. The van der Waals surface area contributed by atoms with Crippen molar-refractivity contribution < 1.29 is 22.7 Å². The van der Waals surface area contributed by atoms with E-state index in [0.29, 0.717) is 12.0 Å². The molecule has 1 aromatic heterocycles. The predicted octanol–water partition coefficient (Wildman–Crippen LogP) is 2.29. The number of amides is 1. The van der Waals surface area contributed by atoms with Crippen molar-refractivity contribution in [2.45, 2.75) is 24.5 Å². The van der Waals surface area contributed by atoms with Crippen molar-refractivity contribution >= 4 is 38.2 Å². The highest BCUT2D eigenvalue weighted by atomic mass is 32.2. The van der Waals surface area contributed by atoms with E-state index in [1.807, 2.05) is 6.92 Å². The average Bonchev–Trinajstić information content (AvgIpc) is 2.95. The van der Waals surface area contributed by atoms with Crippen molar-refractivity contribution in [3.8, 4) is 5.75 Å². The first-order chi connectivity index (χ1) is 11.2. The number of sulfone groups is 1. The van der Waals surface area contributed by atoms with Crippen LogP contribution in [0.3, 0.4) is 0 Å². The Morgan fingerprint density at radius 2 is 2.04 bits per heavy atom. The van der Waals surface area contributed by atoms with Crippen LogP contribution in [0.2, 0.25) is 0 Å². The van der Waals surface area contributed by atoms with Gasteiger partial charge in [-0.15, -0.1) is 0 Å². The van der Waals surface area contributed by atoms with Crippen molar-refractivity contribution in [3.63, 3.8) is 0 Å². The Bertz CT molecular complexity index is 887. The SMILES string of the molecule is CCc1cccc(C(=O)Nc2ncc(S(C)(=O)=O)s2)c1OC(C)=O. The van der Waals surface area contributed by atoms with Gasteiger partial charge in [0, 0.05) is 13.2 Å². The van der Waals surface area contributed by atoms with Gasteiger partial charge >= 0.3 is 5.97 Å². The minimum Gasteiger partial charge on any atom is -0.426 e. The third-order valence-electron chi connectivity index (χ3n) is 3.04. The molecular weight excluding hydrogens is 352 g/mol. The summed E-state index contributed by atoms with van der Waals surface area (Å²) in [4.78, 5) is 27.6. The van der Waals surface area contributed by atoms with E-state index in [0.717, 1.165) is 17.6 Å². The van der Waals surface area contributed by atoms with Gasteiger partial charge in [-0.05, 0) is 18.1 Å². The van der Waals surface area contributed by atoms with Crippen LogP contribution in [0, 0.1) is 0 Å². The van der Waals surface area contributed by atoms with E-state index in [1.54, 1.807) is 12.1 Å². The van der Waals surface area contributed by atoms with Crippen LogP contribution in [-0.4, -0.2) is 31.5 Å². The zero-order valence-corrected chi connectivity index (χ0v) is 15.0. The molecule has 0 saturated carbocycles. The molecule has 0 saturated heterocycles. The number of nitrogens with zero attached hydrogens (tertiary/aromatic N) is 1. The fraction of sp³-hybridized carbons (Fsp3) is 0.267. The second-order valence-electron chi connectivity index (χ2n) is 4.95. The second-order valence-corrected chi connectivity index (χ2v) is 8.22. The molecule has 2 rings (SSSR count). The average molecular weight is 368 g/mol. The number of nitrogens with one attached hydrogen (secondary N) is 1. The Balaban J connectivity index is 2.33. The smallest absolute Gasteiger partial charge is 0.308 e. The van der Waals surface area contributed by atoms with Gasteiger partial charge in [0.1, 0.15) is 9.96 Å². The number of esters is 1. The summed E-state index contributed by atoms with van der Waals surface area (Å²) in [6.45, 7) is 3.14. The lowest BCUT2D eigenvalue weighted by Gasteiger charge is -2.12. The van der Waals surface area contributed by atoms with Crippen molar-refractivity contribution in [1.29, 1.82) is 0 Å². The number of benzene rings is 1. The zero-order chi connectivity index (χ0) is 17.9. The maximum absolute atomic E-state index is 12.5. The number of rotatable bonds is 5. The topological polar surface area (TPSA) is 102 Å². The first-order valence-electron chi connectivity index (χ1n) is 7.00. The van der Waals surface area contributed by atoms with E-state index in [4.69, 9.17) is 4.74 Å². The van der Waals surface area contributed by atoms with Crippen LogP contribution in [0.4, 0.5) is 5.13 Å². The Morgan fingerprint density at radius 3 is 2.58 bits per heavy atom. The summed E-state index contributed by atoms with van der Waals surface area (Å²) < 4.78 is 28.2. The number of para-hydroxylation sites is 1. The number of carbonyl (C=O) groups excluding carboxylic acids is 2. The van der Waals surface area contributed by atoms with Gasteiger partial charge in [-0.1, -0.05) is 30.4 Å². The standard InChI is InChI=1S/C15H16N2O5S2/c1-4-10-6-5-7-11(13(10)22-9(2)18)14(19)17-15-16-8-12(23-15)24(3,20)21/h5-8H,4H2,1-3H3,(H,16,17,19). The number of thiazole rings is 1. The largest absolute Gasteiger partial charge is 0.426 e. The van der Waals surface area contributed by atoms with Crippen LogP contribution in [0.1, 0.15) is 29.8 Å². The van der Waals surface area contributed by atoms with Gasteiger partial charge in [-0.2, -0.15) is 0 Å². The van der Waals surface area contributed by atoms with Gasteiger partial charge in [0.2, 0.25) is 0 Å². The molecule has 0 spiro atoms. The second kappa shape index (κ2) is 7.10. The Morgan fingerprint density at radius 1 is 1.33 bits per heavy atom. The fourth-order valence-corrected chi connectivity index (χ4v) is 3.59. The number of anilines is 1.